The molecule has 0 bridgehead atoms. The van der Waals surface area contributed by atoms with Crippen molar-refractivity contribution in [1.29, 1.82) is 0 Å². The fourth-order valence-electron chi connectivity index (χ4n) is 4.32. The van der Waals surface area contributed by atoms with Crippen LogP contribution in [0.5, 0.6) is 0 Å². The van der Waals surface area contributed by atoms with Gasteiger partial charge in [0.05, 0.1) is 47.8 Å². The highest BCUT2D eigenvalue weighted by Crippen LogP contribution is 2.30. The SMILES string of the molecule is CN(C)C(=O)c1cncc2[nH]c(-c3[nH]nc4ncc(-c5cncc(NC(=O)N6CCOCC6)c5)cc34)nc12. The van der Waals surface area contributed by atoms with Crippen molar-refractivity contribution < 1.29 is 14.3 Å². The second-order valence-corrected chi connectivity index (χ2v) is 9.05. The van der Waals surface area contributed by atoms with Crippen LogP contribution in [-0.4, -0.2) is 97.3 Å². The van der Waals surface area contributed by atoms with Crippen LogP contribution in [0, 0.1) is 0 Å². The van der Waals surface area contributed by atoms with Gasteiger partial charge in [0.1, 0.15) is 11.2 Å². The molecule has 6 heterocycles. The van der Waals surface area contributed by atoms with Gasteiger partial charge in [-0.05, 0) is 12.1 Å². The summed E-state index contributed by atoms with van der Waals surface area (Å²) in [6.45, 7) is 2.15. The molecule has 0 aromatic carbocycles. The van der Waals surface area contributed by atoms with Crippen LogP contribution in [0.1, 0.15) is 10.4 Å². The molecule has 1 fully saturated rings. The summed E-state index contributed by atoms with van der Waals surface area (Å²) in [6, 6.07) is 3.59. The van der Waals surface area contributed by atoms with Crippen LogP contribution in [0.3, 0.4) is 0 Å². The van der Waals surface area contributed by atoms with Gasteiger partial charge in [0, 0.05) is 56.9 Å². The average molecular weight is 513 g/mol. The second-order valence-electron chi connectivity index (χ2n) is 9.05. The molecule has 1 aliphatic heterocycles. The zero-order valence-electron chi connectivity index (χ0n) is 20.7. The van der Waals surface area contributed by atoms with E-state index in [9.17, 15) is 9.59 Å². The normalized spacial score (nSPS) is 13.7. The van der Waals surface area contributed by atoms with Gasteiger partial charge in [-0.2, -0.15) is 5.10 Å². The molecule has 1 aliphatic rings. The molecule has 0 aliphatic carbocycles. The molecule has 192 valence electrons. The van der Waals surface area contributed by atoms with Gasteiger partial charge in [-0.15, -0.1) is 0 Å². The summed E-state index contributed by atoms with van der Waals surface area (Å²) in [7, 11) is 3.37. The molecule has 38 heavy (non-hydrogen) atoms. The zero-order chi connectivity index (χ0) is 26.2. The van der Waals surface area contributed by atoms with E-state index in [1.807, 2.05) is 12.1 Å². The number of aromatic amines is 2. The van der Waals surface area contributed by atoms with Crippen molar-refractivity contribution in [3.8, 4) is 22.6 Å². The van der Waals surface area contributed by atoms with Crippen LogP contribution in [-0.2, 0) is 4.74 Å². The number of ether oxygens (including phenoxy) is 1. The minimum Gasteiger partial charge on any atom is -0.378 e. The van der Waals surface area contributed by atoms with E-state index in [1.54, 1.807) is 43.8 Å². The zero-order valence-corrected chi connectivity index (χ0v) is 20.7. The molecular formula is C25H24N10O3. The Hall–Kier alpha value is -4.91. The number of aromatic nitrogens is 7. The first-order chi connectivity index (χ1) is 18.5. The number of morpholine rings is 1. The number of amides is 3. The Bertz CT molecular complexity index is 1670. The molecule has 3 amide bonds. The predicted molar refractivity (Wildman–Crippen MR) is 139 cm³/mol. The summed E-state index contributed by atoms with van der Waals surface area (Å²) in [5.74, 6) is 0.319. The third-order valence-electron chi connectivity index (χ3n) is 6.30. The molecule has 0 atom stereocenters. The summed E-state index contributed by atoms with van der Waals surface area (Å²) in [6.07, 6.45) is 8.15. The van der Waals surface area contributed by atoms with E-state index in [0.717, 1.165) is 16.5 Å². The Morgan fingerprint density at radius 1 is 1.03 bits per heavy atom. The molecule has 0 radical (unpaired) electrons. The molecule has 13 nitrogen and oxygen atoms in total. The van der Waals surface area contributed by atoms with E-state index >= 15 is 0 Å². The molecular weight excluding hydrogens is 488 g/mol. The molecule has 0 unspecified atom stereocenters. The summed E-state index contributed by atoms with van der Waals surface area (Å²) < 4.78 is 5.31. The minimum absolute atomic E-state index is 0.187. The predicted octanol–water partition coefficient (Wildman–Crippen LogP) is 2.52. The topological polar surface area (TPSA) is 158 Å². The van der Waals surface area contributed by atoms with Crippen LogP contribution >= 0.6 is 0 Å². The van der Waals surface area contributed by atoms with Gasteiger partial charge in [0.2, 0.25) is 0 Å². The molecule has 0 spiro atoms. The fourth-order valence-corrected chi connectivity index (χ4v) is 4.32. The molecule has 5 aromatic rings. The molecule has 0 saturated carbocycles. The lowest BCUT2D eigenvalue weighted by Gasteiger charge is -2.26. The third-order valence-corrected chi connectivity index (χ3v) is 6.30. The van der Waals surface area contributed by atoms with E-state index in [4.69, 9.17) is 4.74 Å². The molecule has 5 aromatic heterocycles. The first-order valence-corrected chi connectivity index (χ1v) is 12.0. The lowest BCUT2D eigenvalue weighted by molar-refractivity contribution is 0.0564. The lowest BCUT2D eigenvalue weighted by atomic mass is 10.1. The number of carbonyl (C=O) groups excluding carboxylic acids is 2. The molecule has 6 rings (SSSR count). The number of hydrogen-bond acceptors (Lipinski definition) is 8. The average Bonchev–Trinajstić information content (AvgIpc) is 3.57. The number of anilines is 1. The van der Waals surface area contributed by atoms with E-state index in [-0.39, 0.29) is 11.9 Å². The van der Waals surface area contributed by atoms with Gasteiger partial charge in [-0.25, -0.2) is 14.8 Å². The highest BCUT2D eigenvalue weighted by Gasteiger charge is 2.20. The number of hydrogen-bond donors (Lipinski definition) is 3. The monoisotopic (exact) mass is 512 g/mol. The third kappa shape index (κ3) is 4.28. The van der Waals surface area contributed by atoms with Crippen molar-refractivity contribution in [2.75, 3.05) is 45.7 Å². The van der Waals surface area contributed by atoms with Gasteiger partial charge in [0.25, 0.3) is 5.91 Å². The van der Waals surface area contributed by atoms with Crippen molar-refractivity contribution >= 4 is 39.7 Å². The van der Waals surface area contributed by atoms with E-state index in [1.165, 1.54) is 11.1 Å². The van der Waals surface area contributed by atoms with Crippen molar-refractivity contribution in [1.82, 2.24) is 44.9 Å². The Morgan fingerprint density at radius 2 is 1.82 bits per heavy atom. The van der Waals surface area contributed by atoms with Crippen molar-refractivity contribution in [3.05, 3.63) is 48.7 Å². The number of carbonyl (C=O) groups is 2. The van der Waals surface area contributed by atoms with Gasteiger partial charge >= 0.3 is 6.03 Å². The lowest BCUT2D eigenvalue weighted by Crippen LogP contribution is -2.43. The van der Waals surface area contributed by atoms with Gasteiger partial charge in [-0.3, -0.25) is 19.9 Å². The first kappa shape index (κ1) is 23.5. The van der Waals surface area contributed by atoms with Gasteiger partial charge in [-0.1, -0.05) is 0 Å². The van der Waals surface area contributed by atoms with Crippen molar-refractivity contribution in [2.24, 2.45) is 0 Å². The first-order valence-electron chi connectivity index (χ1n) is 12.0. The standard InChI is InChI=1S/C25H24N10O3/c1-34(2)24(36)18-12-27-13-19-20(18)31-23(30-19)21-17-8-15(10-28-22(17)33-32-21)14-7-16(11-26-9-14)29-25(37)35-3-5-38-6-4-35/h7-13H,3-6H2,1-2H3,(H,29,37)(H,30,31)(H,28,32,33). The van der Waals surface area contributed by atoms with E-state index < -0.39 is 0 Å². The molecule has 1 saturated heterocycles. The molecule has 3 N–H and O–H groups in total. The highest BCUT2D eigenvalue weighted by molar-refractivity contribution is 6.05. The van der Waals surface area contributed by atoms with Crippen molar-refractivity contribution in [3.63, 3.8) is 0 Å². The van der Waals surface area contributed by atoms with Crippen molar-refractivity contribution in [2.45, 2.75) is 0 Å². The van der Waals surface area contributed by atoms with Gasteiger partial charge < -0.3 is 24.8 Å². The van der Waals surface area contributed by atoms with Crippen LogP contribution in [0.4, 0.5) is 10.5 Å². The maximum atomic E-state index is 12.6. The minimum atomic E-state index is -0.190. The van der Waals surface area contributed by atoms with Gasteiger partial charge in [0.15, 0.2) is 11.5 Å². The quantitative estimate of drug-likeness (QED) is 0.331. The van der Waals surface area contributed by atoms with E-state index in [0.29, 0.717) is 65.8 Å². The number of rotatable bonds is 4. The summed E-state index contributed by atoms with van der Waals surface area (Å²) in [4.78, 5) is 49.3. The number of fused-ring (bicyclic) bond motifs is 2. The number of urea groups is 1. The summed E-state index contributed by atoms with van der Waals surface area (Å²) in [5.41, 5.74) is 4.83. The second kappa shape index (κ2) is 9.52. The number of pyridine rings is 3. The molecule has 13 heteroatoms. The maximum absolute atomic E-state index is 12.6. The van der Waals surface area contributed by atoms with E-state index in [2.05, 4.69) is 40.4 Å². The number of imidazole rings is 1. The Balaban J connectivity index is 1.33. The van der Waals surface area contributed by atoms with Crippen LogP contribution in [0.15, 0.2) is 43.1 Å². The highest BCUT2D eigenvalue weighted by atomic mass is 16.5. The van der Waals surface area contributed by atoms with Crippen LogP contribution < -0.4 is 5.32 Å². The Kier molecular flexibility index (Phi) is 5.88. The number of H-pyrrole nitrogens is 2. The van der Waals surface area contributed by atoms with Crippen LogP contribution in [0.2, 0.25) is 0 Å². The Labute approximate surface area is 216 Å². The summed E-state index contributed by atoms with van der Waals surface area (Å²) in [5, 5.41) is 11.0. The number of nitrogens with one attached hydrogen (secondary N) is 3. The number of nitrogens with zero attached hydrogens (tertiary/aromatic N) is 7. The summed E-state index contributed by atoms with van der Waals surface area (Å²) >= 11 is 0. The maximum Gasteiger partial charge on any atom is 0.322 e. The fraction of sp³-hybridized carbons (Fsp3) is 0.240. The largest absolute Gasteiger partial charge is 0.378 e. The Morgan fingerprint density at radius 3 is 2.63 bits per heavy atom. The van der Waals surface area contributed by atoms with Crippen LogP contribution in [0.25, 0.3) is 44.7 Å². The smallest absolute Gasteiger partial charge is 0.322 e.